The van der Waals surface area contributed by atoms with Crippen LogP contribution >= 0.6 is 0 Å². The van der Waals surface area contributed by atoms with Crippen molar-refractivity contribution in [3.8, 4) is 0 Å². The lowest BCUT2D eigenvalue weighted by Gasteiger charge is -2.28. The molecule has 0 fully saturated rings. The van der Waals surface area contributed by atoms with Crippen molar-refractivity contribution in [2.75, 3.05) is 19.8 Å². The molecule has 0 spiro atoms. The van der Waals surface area contributed by atoms with Crippen LogP contribution in [-0.2, 0) is 13.3 Å². The van der Waals surface area contributed by atoms with Crippen LogP contribution in [0.15, 0.2) is 11.3 Å². The molecule has 3 nitrogen and oxygen atoms in total. The summed E-state index contributed by atoms with van der Waals surface area (Å²) in [6, 6.07) is 0. The quantitative estimate of drug-likeness (QED) is 0.190. The maximum atomic E-state index is 6.34. The molecule has 148 valence electrons. The molecule has 0 amide bonds. The van der Waals surface area contributed by atoms with Crippen molar-refractivity contribution in [3.05, 3.63) is 11.3 Å². The maximum Gasteiger partial charge on any atom is 0.533 e. The lowest BCUT2D eigenvalue weighted by molar-refractivity contribution is 0.0652. The second-order valence-electron chi connectivity index (χ2n) is 7.22. The van der Waals surface area contributed by atoms with E-state index in [0.29, 0.717) is 0 Å². The fraction of sp³-hybridized carbons (Fsp3) is 0.905. The molecule has 1 aliphatic carbocycles. The minimum absolute atomic E-state index is 0.785. The van der Waals surface area contributed by atoms with E-state index in [0.717, 1.165) is 45.5 Å². The summed E-state index contributed by atoms with van der Waals surface area (Å²) in [4.78, 5) is 0. The summed E-state index contributed by atoms with van der Waals surface area (Å²) in [6.45, 7) is 9.09. The van der Waals surface area contributed by atoms with E-state index in [1.807, 2.05) is 0 Å². The van der Waals surface area contributed by atoms with Gasteiger partial charge in [0.05, 0.1) is 0 Å². The molecule has 0 radical (unpaired) electrons. The zero-order valence-electron chi connectivity index (χ0n) is 17.1. The van der Waals surface area contributed by atoms with E-state index in [1.165, 1.54) is 63.0 Å². The van der Waals surface area contributed by atoms with E-state index in [4.69, 9.17) is 13.3 Å². The first-order valence-corrected chi connectivity index (χ1v) is 12.6. The van der Waals surface area contributed by atoms with Gasteiger partial charge in [-0.2, -0.15) is 0 Å². The van der Waals surface area contributed by atoms with Gasteiger partial charge in [0, 0.05) is 25.0 Å². The second kappa shape index (κ2) is 14.9. The molecule has 0 unspecified atom stereocenters. The van der Waals surface area contributed by atoms with Gasteiger partial charge in [0.1, 0.15) is 0 Å². The summed E-state index contributed by atoms with van der Waals surface area (Å²) in [6.07, 6.45) is 18.0. The number of allylic oxidation sites excluding steroid dienone is 2. The maximum absolute atomic E-state index is 6.34. The fourth-order valence-electron chi connectivity index (χ4n) is 2.91. The monoisotopic (exact) mass is 370 g/mol. The molecular formula is C21H42O3Si. The SMILES string of the molecule is CCCCCCO[Si](OCCCCCC)(OCCCCCC)C1=CC1. The van der Waals surface area contributed by atoms with Crippen LogP contribution in [0.3, 0.4) is 0 Å². The molecule has 0 heterocycles. The first kappa shape index (κ1) is 22.9. The molecule has 0 aliphatic heterocycles. The van der Waals surface area contributed by atoms with Gasteiger partial charge in [0.15, 0.2) is 0 Å². The minimum atomic E-state index is -2.58. The van der Waals surface area contributed by atoms with Crippen molar-refractivity contribution in [2.24, 2.45) is 0 Å². The topological polar surface area (TPSA) is 27.7 Å². The van der Waals surface area contributed by atoms with Crippen molar-refractivity contribution in [2.45, 2.75) is 104 Å². The Labute approximate surface area is 157 Å². The second-order valence-corrected chi connectivity index (χ2v) is 9.84. The molecule has 1 rings (SSSR count). The van der Waals surface area contributed by atoms with Gasteiger partial charge >= 0.3 is 8.80 Å². The van der Waals surface area contributed by atoms with Crippen LogP contribution in [0.5, 0.6) is 0 Å². The van der Waals surface area contributed by atoms with Crippen molar-refractivity contribution in [3.63, 3.8) is 0 Å². The summed E-state index contributed by atoms with van der Waals surface area (Å²) in [5, 5.41) is 1.33. The molecule has 0 aromatic carbocycles. The van der Waals surface area contributed by atoms with Crippen molar-refractivity contribution >= 4 is 8.80 Å². The predicted octanol–water partition coefficient (Wildman–Crippen LogP) is 6.59. The molecule has 0 atom stereocenters. The van der Waals surface area contributed by atoms with Crippen molar-refractivity contribution < 1.29 is 13.3 Å². The summed E-state index contributed by atoms with van der Waals surface area (Å²) >= 11 is 0. The van der Waals surface area contributed by atoms with Gasteiger partial charge in [-0.05, 0) is 25.7 Å². The van der Waals surface area contributed by atoms with Crippen LogP contribution in [0, 0.1) is 0 Å². The van der Waals surface area contributed by atoms with Crippen LogP contribution in [-0.4, -0.2) is 28.6 Å². The number of unbranched alkanes of at least 4 members (excludes halogenated alkanes) is 9. The Balaban J connectivity index is 2.44. The zero-order valence-corrected chi connectivity index (χ0v) is 18.1. The zero-order chi connectivity index (χ0) is 18.2. The van der Waals surface area contributed by atoms with E-state index >= 15 is 0 Å². The van der Waals surface area contributed by atoms with Gasteiger partial charge < -0.3 is 13.3 Å². The van der Waals surface area contributed by atoms with E-state index < -0.39 is 8.80 Å². The largest absolute Gasteiger partial charge is 0.533 e. The molecule has 0 saturated heterocycles. The Morgan fingerprint density at radius 1 is 0.640 bits per heavy atom. The average molecular weight is 371 g/mol. The van der Waals surface area contributed by atoms with Gasteiger partial charge in [-0.15, -0.1) is 0 Å². The van der Waals surface area contributed by atoms with Gasteiger partial charge in [0.2, 0.25) is 0 Å². The van der Waals surface area contributed by atoms with Gasteiger partial charge in [0.25, 0.3) is 0 Å². The van der Waals surface area contributed by atoms with Crippen molar-refractivity contribution in [1.29, 1.82) is 0 Å². The van der Waals surface area contributed by atoms with Crippen LogP contribution in [0.25, 0.3) is 0 Å². The molecule has 0 saturated carbocycles. The highest BCUT2D eigenvalue weighted by Crippen LogP contribution is 2.33. The Morgan fingerprint density at radius 2 is 1.00 bits per heavy atom. The average Bonchev–Trinajstić information content (AvgIpc) is 3.46. The third-order valence-electron chi connectivity index (χ3n) is 4.67. The molecule has 0 aromatic heterocycles. The number of hydrogen-bond donors (Lipinski definition) is 0. The van der Waals surface area contributed by atoms with Gasteiger partial charge in [-0.1, -0.05) is 84.6 Å². The Morgan fingerprint density at radius 3 is 1.28 bits per heavy atom. The van der Waals surface area contributed by atoms with Crippen LogP contribution in [0.1, 0.15) is 104 Å². The third-order valence-corrected chi connectivity index (χ3v) is 7.62. The summed E-state index contributed by atoms with van der Waals surface area (Å²) < 4.78 is 19.0. The Bertz CT molecular complexity index is 308. The fourth-order valence-corrected chi connectivity index (χ4v) is 5.56. The van der Waals surface area contributed by atoms with Crippen LogP contribution < -0.4 is 0 Å². The smallest absolute Gasteiger partial charge is 0.370 e. The summed E-state index contributed by atoms with van der Waals surface area (Å²) in [7, 11) is -2.58. The Kier molecular flexibility index (Phi) is 13.7. The van der Waals surface area contributed by atoms with Crippen molar-refractivity contribution in [1.82, 2.24) is 0 Å². The highest BCUT2D eigenvalue weighted by molar-refractivity contribution is 6.70. The van der Waals surface area contributed by atoms with Gasteiger partial charge in [-0.25, -0.2) is 0 Å². The van der Waals surface area contributed by atoms with Gasteiger partial charge in [-0.3, -0.25) is 0 Å². The Hall–Kier alpha value is -0.163. The molecule has 1 aliphatic rings. The number of hydrogen-bond acceptors (Lipinski definition) is 3. The van der Waals surface area contributed by atoms with E-state index in [9.17, 15) is 0 Å². The summed E-state index contributed by atoms with van der Waals surface area (Å²) in [5.74, 6) is 0. The standard InChI is InChI=1S/C21H42O3Si/c1-4-7-10-13-18-22-25(21-16-17-21,23-19-14-11-8-5-2)24-20-15-12-9-6-3/h16H,4-15,17-20H2,1-3H3. The normalized spacial score (nSPS) is 14.0. The van der Waals surface area contributed by atoms with E-state index in [2.05, 4.69) is 26.8 Å². The number of rotatable bonds is 19. The highest BCUT2D eigenvalue weighted by atomic mass is 28.4. The molecule has 0 N–H and O–H groups in total. The predicted molar refractivity (Wildman–Crippen MR) is 109 cm³/mol. The van der Waals surface area contributed by atoms with Crippen LogP contribution in [0.4, 0.5) is 0 Å². The minimum Gasteiger partial charge on any atom is -0.370 e. The van der Waals surface area contributed by atoms with E-state index in [-0.39, 0.29) is 0 Å². The lowest BCUT2D eigenvalue weighted by Crippen LogP contribution is -2.47. The molecular weight excluding hydrogens is 328 g/mol. The van der Waals surface area contributed by atoms with Crippen LogP contribution in [0.2, 0.25) is 0 Å². The first-order valence-electron chi connectivity index (χ1n) is 10.9. The summed E-state index contributed by atoms with van der Waals surface area (Å²) in [5.41, 5.74) is 0. The van der Waals surface area contributed by atoms with E-state index in [1.54, 1.807) is 0 Å². The third kappa shape index (κ3) is 10.5. The molecule has 4 heteroatoms. The molecule has 0 aromatic rings. The molecule has 0 bridgehead atoms. The highest BCUT2D eigenvalue weighted by Gasteiger charge is 2.49. The lowest BCUT2D eigenvalue weighted by atomic mass is 10.2. The first-order chi connectivity index (χ1) is 12.3. The molecule has 25 heavy (non-hydrogen) atoms.